The van der Waals surface area contributed by atoms with Crippen LogP contribution >= 0.6 is 0 Å². The van der Waals surface area contributed by atoms with Crippen molar-refractivity contribution in [3.05, 3.63) is 29.8 Å². The number of nitrogens with one attached hydrogen (secondary N) is 1. The van der Waals surface area contributed by atoms with Gasteiger partial charge in [0, 0.05) is 38.4 Å². The fraction of sp³-hybridized carbons (Fsp3) is 0.533. The van der Waals surface area contributed by atoms with Crippen molar-refractivity contribution in [3.63, 3.8) is 0 Å². The summed E-state index contributed by atoms with van der Waals surface area (Å²) in [5, 5.41) is 3.14. The van der Waals surface area contributed by atoms with Crippen LogP contribution < -0.4 is 10.2 Å². The third kappa shape index (κ3) is 3.63. The molecule has 1 saturated heterocycles. The molecule has 0 radical (unpaired) electrons. The van der Waals surface area contributed by atoms with Gasteiger partial charge in [-0.1, -0.05) is 12.1 Å². The van der Waals surface area contributed by atoms with E-state index in [1.54, 1.807) is 4.90 Å². The average Bonchev–Trinajstić information content (AvgIpc) is 2.49. The number of ether oxygens (including phenoxy) is 1. The molecule has 0 bridgehead atoms. The zero-order chi connectivity index (χ0) is 14.4. The van der Waals surface area contributed by atoms with E-state index in [1.807, 2.05) is 14.0 Å². The van der Waals surface area contributed by atoms with Crippen molar-refractivity contribution in [1.29, 1.82) is 0 Å². The summed E-state index contributed by atoms with van der Waals surface area (Å²) >= 11 is 0. The molecule has 0 spiro atoms. The molecule has 1 heterocycles. The van der Waals surface area contributed by atoms with Crippen LogP contribution in [0.25, 0.3) is 0 Å². The van der Waals surface area contributed by atoms with Gasteiger partial charge in [-0.3, -0.25) is 0 Å². The molecule has 0 unspecified atom stereocenters. The lowest BCUT2D eigenvalue weighted by molar-refractivity contribution is 0.105. The summed E-state index contributed by atoms with van der Waals surface area (Å²) in [5.41, 5.74) is 2.50. The van der Waals surface area contributed by atoms with Gasteiger partial charge in [-0.25, -0.2) is 4.79 Å². The predicted molar refractivity (Wildman–Crippen MR) is 80.0 cm³/mol. The standard InChI is InChI=1S/C15H23N3O2/c1-3-20-15(19)18-10-8-17(9-11-18)14-6-4-13(5-7-14)12-16-2/h4-7,16H,3,8-12H2,1-2H3. The van der Waals surface area contributed by atoms with Gasteiger partial charge < -0.3 is 19.9 Å². The number of carbonyl (C=O) groups is 1. The number of piperazine rings is 1. The number of carbonyl (C=O) groups excluding carboxylic acids is 1. The van der Waals surface area contributed by atoms with E-state index in [2.05, 4.69) is 34.5 Å². The van der Waals surface area contributed by atoms with Crippen LogP contribution in [0.15, 0.2) is 24.3 Å². The van der Waals surface area contributed by atoms with E-state index in [1.165, 1.54) is 11.3 Å². The molecule has 20 heavy (non-hydrogen) atoms. The van der Waals surface area contributed by atoms with Crippen LogP contribution in [0.2, 0.25) is 0 Å². The monoisotopic (exact) mass is 277 g/mol. The van der Waals surface area contributed by atoms with E-state index in [0.717, 1.165) is 32.7 Å². The molecule has 0 atom stereocenters. The van der Waals surface area contributed by atoms with Crippen LogP contribution in [0.3, 0.4) is 0 Å². The Kier molecular flexibility index (Phi) is 5.24. The molecule has 1 amide bonds. The van der Waals surface area contributed by atoms with Gasteiger partial charge in [0.15, 0.2) is 0 Å². The smallest absolute Gasteiger partial charge is 0.409 e. The third-order valence-electron chi connectivity index (χ3n) is 3.49. The molecule has 0 aliphatic carbocycles. The average molecular weight is 277 g/mol. The number of rotatable bonds is 4. The first kappa shape index (κ1) is 14.7. The molecule has 1 fully saturated rings. The molecule has 1 aliphatic heterocycles. The van der Waals surface area contributed by atoms with E-state index < -0.39 is 0 Å². The van der Waals surface area contributed by atoms with Gasteiger partial charge in [0.1, 0.15) is 0 Å². The molecule has 5 nitrogen and oxygen atoms in total. The molecule has 1 aromatic carbocycles. The minimum Gasteiger partial charge on any atom is -0.450 e. The van der Waals surface area contributed by atoms with Crippen molar-refractivity contribution in [2.45, 2.75) is 13.5 Å². The lowest BCUT2D eigenvalue weighted by atomic mass is 10.2. The molecule has 1 aromatic rings. The minimum absolute atomic E-state index is 0.198. The Labute approximate surface area is 120 Å². The topological polar surface area (TPSA) is 44.8 Å². The quantitative estimate of drug-likeness (QED) is 0.909. The Morgan fingerprint density at radius 1 is 1.20 bits per heavy atom. The van der Waals surface area contributed by atoms with Crippen molar-refractivity contribution in [1.82, 2.24) is 10.2 Å². The van der Waals surface area contributed by atoms with Gasteiger partial charge in [-0.2, -0.15) is 0 Å². The highest BCUT2D eigenvalue weighted by Crippen LogP contribution is 2.17. The number of hydrogen-bond donors (Lipinski definition) is 1. The molecular weight excluding hydrogens is 254 g/mol. The maximum atomic E-state index is 11.6. The van der Waals surface area contributed by atoms with E-state index in [0.29, 0.717) is 6.61 Å². The number of anilines is 1. The Hall–Kier alpha value is -1.75. The van der Waals surface area contributed by atoms with Gasteiger partial charge in [0.05, 0.1) is 6.61 Å². The summed E-state index contributed by atoms with van der Waals surface area (Å²) in [6, 6.07) is 8.58. The fourth-order valence-corrected chi connectivity index (χ4v) is 2.39. The van der Waals surface area contributed by atoms with Crippen LogP contribution in [-0.4, -0.2) is 50.8 Å². The zero-order valence-electron chi connectivity index (χ0n) is 12.3. The van der Waals surface area contributed by atoms with E-state index in [4.69, 9.17) is 4.74 Å². The summed E-state index contributed by atoms with van der Waals surface area (Å²) in [6.07, 6.45) is -0.198. The first-order valence-electron chi connectivity index (χ1n) is 7.14. The number of hydrogen-bond acceptors (Lipinski definition) is 4. The number of nitrogens with zero attached hydrogens (tertiary/aromatic N) is 2. The second kappa shape index (κ2) is 7.14. The molecule has 110 valence electrons. The summed E-state index contributed by atoms with van der Waals surface area (Å²) in [6.45, 7) is 6.30. The Bertz CT molecular complexity index is 425. The Balaban J connectivity index is 1.88. The van der Waals surface area contributed by atoms with Crippen molar-refractivity contribution in [2.24, 2.45) is 0 Å². The molecule has 2 rings (SSSR count). The second-order valence-corrected chi connectivity index (χ2v) is 4.87. The Morgan fingerprint density at radius 2 is 1.85 bits per heavy atom. The lowest BCUT2D eigenvalue weighted by Crippen LogP contribution is -2.49. The first-order valence-corrected chi connectivity index (χ1v) is 7.14. The van der Waals surface area contributed by atoms with E-state index in [9.17, 15) is 4.79 Å². The van der Waals surface area contributed by atoms with Crippen LogP contribution in [-0.2, 0) is 11.3 Å². The van der Waals surface area contributed by atoms with Crippen LogP contribution in [0.5, 0.6) is 0 Å². The zero-order valence-corrected chi connectivity index (χ0v) is 12.3. The summed E-state index contributed by atoms with van der Waals surface area (Å²) in [5.74, 6) is 0. The minimum atomic E-state index is -0.198. The maximum absolute atomic E-state index is 11.6. The number of benzene rings is 1. The highest BCUT2D eigenvalue weighted by molar-refractivity contribution is 5.68. The summed E-state index contributed by atoms with van der Waals surface area (Å²) < 4.78 is 5.03. The summed E-state index contributed by atoms with van der Waals surface area (Å²) in [7, 11) is 1.95. The molecular formula is C15H23N3O2. The molecule has 0 aromatic heterocycles. The molecule has 0 saturated carbocycles. The van der Waals surface area contributed by atoms with Gasteiger partial charge in [0.2, 0.25) is 0 Å². The predicted octanol–water partition coefficient (Wildman–Crippen LogP) is 1.68. The highest BCUT2D eigenvalue weighted by atomic mass is 16.6. The highest BCUT2D eigenvalue weighted by Gasteiger charge is 2.21. The van der Waals surface area contributed by atoms with Crippen molar-refractivity contribution in [2.75, 3.05) is 44.7 Å². The molecule has 1 aliphatic rings. The largest absolute Gasteiger partial charge is 0.450 e. The van der Waals surface area contributed by atoms with Gasteiger partial charge in [-0.15, -0.1) is 0 Å². The lowest BCUT2D eigenvalue weighted by Gasteiger charge is -2.35. The van der Waals surface area contributed by atoms with Crippen molar-refractivity contribution < 1.29 is 9.53 Å². The van der Waals surface area contributed by atoms with Crippen molar-refractivity contribution >= 4 is 11.8 Å². The van der Waals surface area contributed by atoms with Gasteiger partial charge in [-0.05, 0) is 31.7 Å². The van der Waals surface area contributed by atoms with Crippen LogP contribution in [0.4, 0.5) is 10.5 Å². The third-order valence-corrected chi connectivity index (χ3v) is 3.49. The molecule has 5 heteroatoms. The van der Waals surface area contributed by atoms with E-state index in [-0.39, 0.29) is 6.09 Å². The van der Waals surface area contributed by atoms with Crippen LogP contribution in [0, 0.1) is 0 Å². The molecule has 1 N–H and O–H groups in total. The fourth-order valence-electron chi connectivity index (χ4n) is 2.39. The normalized spacial score (nSPS) is 15.3. The number of amides is 1. The second-order valence-electron chi connectivity index (χ2n) is 4.87. The van der Waals surface area contributed by atoms with E-state index >= 15 is 0 Å². The van der Waals surface area contributed by atoms with Crippen molar-refractivity contribution in [3.8, 4) is 0 Å². The first-order chi connectivity index (χ1) is 9.74. The van der Waals surface area contributed by atoms with Crippen LogP contribution in [0.1, 0.15) is 12.5 Å². The Morgan fingerprint density at radius 3 is 2.40 bits per heavy atom. The SMILES string of the molecule is CCOC(=O)N1CCN(c2ccc(CNC)cc2)CC1. The van der Waals surface area contributed by atoms with Gasteiger partial charge in [0.25, 0.3) is 0 Å². The maximum Gasteiger partial charge on any atom is 0.409 e. The van der Waals surface area contributed by atoms with Gasteiger partial charge >= 0.3 is 6.09 Å². The summed E-state index contributed by atoms with van der Waals surface area (Å²) in [4.78, 5) is 15.7.